The van der Waals surface area contributed by atoms with Gasteiger partial charge in [0, 0.05) is 31.1 Å². The molecule has 146 valence electrons. The lowest BCUT2D eigenvalue weighted by molar-refractivity contribution is -0.110. The summed E-state index contributed by atoms with van der Waals surface area (Å²) in [5, 5.41) is 10.6. The molecule has 1 aromatic carbocycles. The van der Waals surface area contributed by atoms with Gasteiger partial charge in [-0.2, -0.15) is 5.10 Å². The number of carbonyl (C=O) groups excluding carboxylic acids is 1. The molecule has 0 fully saturated rings. The summed E-state index contributed by atoms with van der Waals surface area (Å²) in [6, 6.07) is 5.79. The summed E-state index contributed by atoms with van der Waals surface area (Å²) in [6.07, 6.45) is 2.74. The molecule has 0 saturated carbocycles. The van der Waals surface area contributed by atoms with Gasteiger partial charge in [-0.15, -0.1) is 0 Å². The summed E-state index contributed by atoms with van der Waals surface area (Å²) >= 11 is 6.09. The highest BCUT2D eigenvalue weighted by atomic mass is 35.5. The second-order valence-corrected chi connectivity index (χ2v) is 8.77. The van der Waals surface area contributed by atoms with E-state index in [1.807, 2.05) is 13.8 Å². The lowest BCUT2D eigenvalue weighted by Gasteiger charge is -2.10. The van der Waals surface area contributed by atoms with Crippen LogP contribution >= 0.6 is 11.6 Å². The number of carbonyl (C=O) groups is 1. The summed E-state index contributed by atoms with van der Waals surface area (Å²) in [7, 11) is -1.76. The second-order valence-electron chi connectivity index (χ2n) is 6.38. The Bertz CT molecular complexity index is 967. The molecule has 1 aromatic heterocycles. The second kappa shape index (κ2) is 8.53. The molecule has 1 heterocycles. The topological polar surface area (TPSA) is 103 Å². The van der Waals surface area contributed by atoms with Crippen LogP contribution in [0, 0.1) is 5.92 Å². The number of anilines is 1. The van der Waals surface area contributed by atoms with Crippen molar-refractivity contribution >= 4 is 38.9 Å². The van der Waals surface area contributed by atoms with Crippen LogP contribution in [0.1, 0.15) is 19.4 Å². The lowest BCUT2D eigenvalue weighted by atomic mass is 10.1. The van der Waals surface area contributed by atoms with E-state index in [0.717, 1.165) is 6.26 Å². The Labute approximate surface area is 163 Å². The smallest absolute Gasteiger partial charge is 0.279 e. The van der Waals surface area contributed by atoms with Crippen molar-refractivity contribution in [3.63, 3.8) is 0 Å². The van der Waals surface area contributed by atoms with Gasteiger partial charge < -0.3 is 10.2 Å². The largest absolute Gasteiger partial charge is 0.395 e. The van der Waals surface area contributed by atoms with Crippen LogP contribution in [0.5, 0.6) is 0 Å². The zero-order valence-electron chi connectivity index (χ0n) is 15.4. The van der Waals surface area contributed by atoms with Crippen LogP contribution in [-0.2, 0) is 26.5 Å². The maximum Gasteiger partial charge on any atom is 0.279 e. The van der Waals surface area contributed by atoms with E-state index in [1.165, 1.54) is 18.2 Å². The van der Waals surface area contributed by atoms with E-state index in [0.29, 0.717) is 18.0 Å². The molecule has 0 spiro atoms. The van der Waals surface area contributed by atoms with Crippen molar-refractivity contribution in [3.05, 3.63) is 41.0 Å². The van der Waals surface area contributed by atoms with Gasteiger partial charge in [-0.05, 0) is 18.1 Å². The molecule has 27 heavy (non-hydrogen) atoms. The fraction of sp³-hybridized carbons (Fsp3) is 0.353. The van der Waals surface area contributed by atoms with Crippen LogP contribution in [0.3, 0.4) is 0 Å². The van der Waals surface area contributed by atoms with Gasteiger partial charge in [-0.25, -0.2) is 8.42 Å². The zero-order valence-corrected chi connectivity index (χ0v) is 17.0. The van der Waals surface area contributed by atoms with Crippen molar-refractivity contribution in [3.8, 4) is 0 Å². The molecule has 2 aromatic rings. The molecule has 0 aliphatic carbocycles. The van der Waals surface area contributed by atoms with E-state index < -0.39 is 15.7 Å². The first-order chi connectivity index (χ1) is 12.6. The molecule has 0 bridgehead atoms. The highest BCUT2D eigenvalue weighted by Crippen LogP contribution is 2.23. The van der Waals surface area contributed by atoms with Gasteiger partial charge in [0.1, 0.15) is 6.61 Å². The first kappa shape index (κ1) is 20.9. The van der Waals surface area contributed by atoms with Crippen molar-refractivity contribution in [2.75, 3.05) is 18.2 Å². The van der Waals surface area contributed by atoms with Gasteiger partial charge in [0.15, 0.2) is 21.4 Å². The number of aromatic nitrogens is 2. The van der Waals surface area contributed by atoms with Crippen LogP contribution in [-0.4, -0.2) is 42.7 Å². The highest BCUT2D eigenvalue weighted by Gasteiger charge is 2.20. The molecule has 0 saturated heterocycles. The lowest BCUT2D eigenvalue weighted by Crippen LogP contribution is -2.25. The summed E-state index contributed by atoms with van der Waals surface area (Å²) in [5.74, 6) is 0.00332. The highest BCUT2D eigenvalue weighted by molar-refractivity contribution is 7.90. The number of aryl methyl sites for hydroxylation is 1. The molecule has 8 nitrogen and oxygen atoms in total. The molecule has 0 aliphatic rings. The molecule has 2 rings (SSSR count). The molecular weight excluding hydrogens is 392 g/mol. The average molecular weight is 413 g/mol. The standard InChI is InChI=1S/C17H21ClN4O4S/c1-11(2)10-26-21-16(17(23)19-15-7-8-22(3)20-15)12-5-6-14(13(18)9-12)27(4,24)25/h5-9,11H,10H2,1-4H3,(H,19,20,23)/b21-16-. The van der Waals surface area contributed by atoms with Crippen molar-refractivity contribution in [2.24, 2.45) is 18.1 Å². The number of hydrogen-bond acceptors (Lipinski definition) is 6. The number of halogens is 1. The van der Waals surface area contributed by atoms with Gasteiger partial charge in [0.25, 0.3) is 5.91 Å². The fourth-order valence-corrected chi connectivity index (χ4v) is 3.41. The first-order valence-electron chi connectivity index (χ1n) is 8.09. The van der Waals surface area contributed by atoms with Gasteiger partial charge in [-0.1, -0.05) is 36.7 Å². The van der Waals surface area contributed by atoms with E-state index in [9.17, 15) is 13.2 Å². The van der Waals surface area contributed by atoms with Gasteiger partial charge in [0.2, 0.25) is 0 Å². The van der Waals surface area contributed by atoms with E-state index >= 15 is 0 Å². The number of oxime groups is 1. The summed E-state index contributed by atoms with van der Waals surface area (Å²) in [4.78, 5) is 17.9. The Morgan fingerprint density at radius 2 is 2.07 bits per heavy atom. The van der Waals surface area contributed by atoms with Crippen molar-refractivity contribution in [1.29, 1.82) is 0 Å². The maximum absolute atomic E-state index is 12.7. The van der Waals surface area contributed by atoms with Crippen LogP contribution in [0.25, 0.3) is 0 Å². The zero-order chi connectivity index (χ0) is 20.2. The SMILES string of the molecule is CC(C)CO/N=C(\C(=O)Nc1ccn(C)n1)c1ccc(S(C)(=O)=O)c(Cl)c1. The summed E-state index contributed by atoms with van der Waals surface area (Å²) < 4.78 is 25.0. The molecule has 1 N–H and O–H groups in total. The summed E-state index contributed by atoms with van der Waals surface area (Å²) in [6.45, 7) is 4.21. The molecule has 0 aliphatic heterocycles. The molecule has 10 heteroatoms. The quantitative estimate of drug-likeness (QED) is 0.556. The number of rotatable bonds is 7. The van der Waals surface area contributed by atoms with E-state index in [-0.39, 0.29) is 21.5 Å². The minimum Gasteiger partial charge on any atom is -0.395 e. The predicted octanol–water partition coefficient (Wildman–Crippen LogP) is 2.49. The number of amides is 1. The average Bonchev–Trinajstić information content (AvgIpc) is 2.94. The van der Waals surface area contributed by atoms with Crippen LogP contribution in [0.15, 0.2) is 40.5 Å². The first-order valence-corrected chi connectivity index (χ1v) is 10.4. The molecule has 0 unspecified atom stereocenters. The Kier molecular flexibility index (Phi) is 6.61. The number of sulfone groups is 1. The Morgan fingerprint density at radius 3 is 2.59 bits per heavy atom. The third-order valence-corrected chi connectivity index (χ3v) is 4.92. The summed E-state index contributed by atoms with van der Waals surface area (Å²) in [5.41, 5.74) is 0.285. The number of nitrogens with one attached hydrogen (secondary N) is 1. The Balaban J connectivity index is 2.37. The van der Waals surface area contributed by atoms with Crippen molar-refractivity contribution in [1.82, 2.24) is 9.78 Å². The van der Waals surface area contributed by atoms with Crippen LogP contribution in [0.2, 0.25) is 5.02 Å². The Morgan fingerprint density at radius 1 is 1.37 bits per heavy atom. The normalized spacial score (nSPS) is 12.3. The predicted molar refractivity (Wildman–Crippen MR) is 104 cm³/mol. The molecule has 1 amide bonds. The molecule has 0 radical (unpaired) electrons. The number of nitrogens with zero attached hydrogens (tertiary/aromatic N) is 3. The van der Waals surface area contributed by atoms with Crippen LogP contribution < -0.4 is 5.32 Å². The third-order valence-electron chi connectivity index (χ3n) is 3.34. The monoisotopic (exact) mass is 412 g/mol. The fourth-order valence-electron chi connectivity index (χ4n) is 2.08. The van der Waals surface area contributed by atoms with Gasteiger partial charge in [-0.3, -0.25) is 9.48 Å². The van der Waals surface area contributed by atoms with E-state index in [4.69, 9.17) is 16.4 Å². The van der Waals surface area contributed by atoms with E-state index in [2.05, 4.69) is 15.6 Å². The molecular formula is C17H21ClN4O4S. The number of hydrogen-bond donors (Lipinski definition) is 1. The van der Waals surface area contributed by atoms with Gasteiger partial charge >= 0.3 is 0 Å². The van der Waals surface area contributed by atoms with Crippen molar-refractivity contribution < 1.29 is 18.0 Å². The van der Waals surface area contributed by atoms with Gasteiger partial charge in [0.05, 0.1) is 9.92 Å². The van der Waals surface area contributed by atoms with Crippen molar-refractivity contribution in [2.45, 2.75) is 18.7 Å². The third kappa shape index (κ3) is 5.80. The maximum atomic E-state index is 12.7. The molecule has 0 atom stereocenters. The number of benzene rings is 1. The van der Waals surface area contributed by atoms with Crippen LogP contribution in [0.4, 0.5) is 5.82 Å². The Hall–Kier alpha value is -2.39. The minimum absolute atomic E-state index is 0.00260. The minimum atomic E-state index is -3.49. The van der Waals surface area contributed by atoms with E-state index in [1.54, 1.807) is 24.0 Å².